The number of halogens is 1. The van der Waals surface area contributed by atoms with Gasteiger partial charge in [-0.25, -0.2) is 4.57 Å². The Morgan fingerprint density at radius 3 is 2.27 bits per heavy atom. The molecule has 6 heteroatoms. The number of ether oxygens (including phenoxy) is 1. The molecule has 0 N–H and O–H groups in total. The highest BCUT2D eigenvalue weighted by Crippen LogP contribution is 2.53. The van der Waals surface area contributed by atoms with Crippen LogP contribution in [0.25, 0.3) is 0 Å². The first kappa shape index (κ1) is 12.4. The summed E-state index contributed by atoms with van der Waals surface area (Å²) in [6.45, 7) is -1.59. The molecule has 1 aromatic rings. The normalized spacial score (nSPS) is 14.3. The number of benzene rings is 1. The van der Waals surface area contributed by atoms with E-state index in [1.807, 2.05) is 0 Å². The quantitative estimate of drug-likeness (QED) is 0.751. The van der Waals surface area contributed by atoms with Gasteiger partial charge in [-0.3, -0.25) is 4.52 Å². The van der Waals surface area contributed by atoms with Gasteiger partial charge < -0.3 is 9.26 Å². The summed E-state index contributed by atoms with van der Waals surface area (Å²) in [5.74, 6) is 1.06. The summed E-state index contributed by atoms with van der Waals surface area (Å²) < 4.78 is 26.1. The number of methoxy groups -OCH3 is 1. The molecule has 0 heterocycles. The Balaban J connectivity index is 2.68. The van der Waals surface area contributed by atoms with E-state index in [9.17, 15) is 4.57 Å². The molecule has 84 valence electrons. The van der Waals surface area contributed by atoms with Crippen LogP contribution in [0.2, 0.25) is 0 Å². The lowest BCUT2D eigenvalue weighted by molar-refractivity contribution is 0.294. The van der Waals surface area contributed by atoms with E-state index in [-0.39, 0.29) is 6.61 Å². The number of hydrogen-bond donors (Lipinski definition) is 0. The van der Waals surface area contributed by atoms with Crippen molar-refractivity contribution < 1.29 is 18.3 Å². The smallest absolute Gasteiger partial charge is 0.476 e. The molecule has 1 aromatic carbocycles. The minimum Gasteiger partial charge on any atom is -0.497 e. The van der Waals surface area contributed by atoms with Gasteiger partial charge in [0.05, 0.1) is 13.7 Å². The summed E-state index contributed by atoms with van der Waals surface area (Å²) in [5.41, 5.74) is 0. The van der Waals surface area contributed by atoms with E-state index < -0.39 is 6.95 Å². The highest BCUT2D eigenvalue weighted by Gasteiger charge is 2.21. The maximum absolute atomic E-state index is 11.4. The largest absolute Gasteiger partial charge is 0.497 e. The van der Waals surface area contributed by atoms with Gasteiger partial charge in [-0.15, -0.1) is 0 Å². The third kappa shape index (κ3) is 4.12. The van der Waals surface area contributed by atoms with E-state index in [2.05, 4.69) is 0 Å². The van der Waals surface area contributed by atoms with Crippen LogP contribution in [-0.2, 0) is 9.09 Å². The Hall–Kier alpha value is -0.700. The molecule has 1 unspecified atom stereocenters. The van der Waals surface area contributed by atoms with Crippen LogP contribution in [0.15, 0.2) is 24.3 Å². The van der Waals surface area contributed by atoms with E-state index >= 15 is 0 Å². The van der Waals surface area contributed by atoms with Gasteiger partial charge in [-0.1, -0.05) is 0 Å². The summed E-state index contributed by atoms with van der Waals surface area (Å²) in [4.78, 5) is 0. The zero-order valence-corrected chi connectivity index (χ0v) is 10.1. The molecule has 0 aromatic heterocycles. The summed E-state index contributed by atoms with van der Waals surface area (Å²) >= 11 is 5.52. The molecule has 0 aliphatic carbocycles. The lowest BCUT2D eigenvalue weighted by Crippen LogP contribution is -1.92. The van der Waals surface area contributed by atoms with Crippen molar-refractivity contribution in [2.24, 2.45) is 0 Å². The Morgan fingerprint density at radius 1 is 1.27 bits per heavy atom. The molecule has 0 fully saturated rings. The zero-order chi connectivity index (χ0) is 11.3. The minimum absolute atomic E-state index is 0.233. The van der Waals surface area contributed by atoms with Crippen molar-refractivity contribution in [1.29, 1.82) is 0 Å². The van der Waals surface area contributed by atoms with Crippen LogP contribution in [0.5, 0.6) is 11.5 Å². The van der Waals surface area contributed by atoms with E-state index in [1.54, 1.807) is 38.3 Å². The molecule has 0 saturated heterocycles. The summed E-state index contributed by atoms with van der Waals surface area (Å²) in [6.07, 6.45) is 0. The lowest BCUT2D eigenvalue weighted by atomic mass is 10.3. The van der Waals surface area contributed by atoms with Crippen molar-refractivity contribution in [2.45, 2.75) is 6.92 Å². The van der Waals surface area contributed by atoms with Gasteiger partial charge in [-0.05, 0) is 31.2 Å². The fourth-order valence-corrected chi connectivity index (χ4v) is 2.21. The molecular weight excluding hydrogens is 239 g/mol. The third-order valence-electron chi connectivity index (χ3n) is 1.56. The van der Waals surface area contributed by atoms with Crippen LogP contribution in [0, 0.1) is 0 Å². The van der Waals surface area contributed by atoms with Crippen LogP contribution < -0.4 is 9.26 Å². The summed E-state index contributed by atoms with van der Waals surface area (Å²) in [5, 5.41) is 0. The van der Waals surface area contributed by atoms with E-state index in [4.69, 9.17) is 25.0 Å². The molecule has 0 aliphatic rings. The van der Waals surface area contributed by atoms with Crippen molar-refractivity contribution in [3.63, 3.8) is 0 Å². The first-order valence-corrected chi connectivity index (χ1v) is 6.80. The van der Waals surface area contributed by atoms with Crippen LogP contribution >= 0.6 is 18.2 Å². The van der Waals surface area contributed by atoms with Gasteiger partial charge in [0.1, 0.15) is 11.5 Å². The van der Waals surface area contributed by atoms with E-state index in [0.717, 1.165) is 0 Å². The molecule has 0 amide bonds. The van der Waals surface area contributed by atoms with Gasteiger partial charge in [0, 0.05) is 11.2 Å². The molecule has 4 nitrogen and oxygen atoms in total. The van der Waals surface area contributed by atoms with Gasteiger partial charge in [0.25, 0.3) is 0 Å². The topological polar surface area (TPSA) is 44.8 Å². The van der Waals surface area contributed by atoms with E-state index in [0.29, 0.717) is 11.5 Å². The van der Waals surface area contributed by atoms with Crippen molar-refractivity contribution in [3.8, 4) is 11.5 Å². The lowest BCUT2D eigenvalue weighted by Gasteiger charge is -2.11. The predicted octanol–water partition coefficient (Wildman–Crippen LogP) is 3.46. The monoisotopic (exact) mass is 250 g/mol. The summed E-state index contributed by atoms with van der Waals surface area (Å²) in [7, 11) is 1.56. The van der Waals surface area contributed by atoms with Crippen LogP contribution in [0.4, 0.5) is 0 Å². The Bertz CT molecular complexity index is 352. The second kappa shape index (κ2) is 5.40. The maximum atomic E-state index is 11.4. The van der Waals surface area contributed by atoms with Crippen LogP contribution in [0.1, 0.15) is 6.92 Å². The molecular formula is C9H12ClO4P. The SMILES string of the molecule is CCOP(=O)(Cl)Oc1ccc(OC)cc1. The first-order chi connectivity index (χ1) is 7.07. The van der Waals surface area contributed by atoms with Gasteiger partial charge in [0.15, 0.2) is 0 Å². The molecule has 0 radical (unpaired) electrons. The standard InChI is InChI=1S/C9H12ClO4P/c1-3-13-15(10,11)14-9-6-4-8(12-2)5-7-9/h4-7H,3H2,1-2H3. The highest BCUT2D eigenvalue weighted by molar-refractivity contribution is 7.81. The van der Waals surface area contributed by atoms with Crippen molar-refractivity contribution in [2.75, 3.05) is 13.7 Å². The fraction of sp³-hybridized carbons (Fsp3) is 0.333. The highest BCUT2D eigenvalue weighted by atomic mass is 35.7. The molecule has 0 aliphatic heterocycles. The van der Waals surface area contributed by atoms with Crippen LogP contribution in [0.3, 0.4) is 0 Å². The van der Waals surface area contributed by atoms with Crippen LogP contribution in [-0.4, -0.2) is 13.7 Å². The molecule has 0 saturated carbocycles. The second-order valence-corrected chi connectivity index (χ2v) is 5.16. The maximum Gasteiger partial charge on any atom is 0.476 e. The Labute approximate surface area is 93.4 Å². The average molecular weight is 251 g/mol. The predicted molar refractivity (Wildman–Crippen MR) is 58.7 cm³/mol. The molecule has 0 spiro atoms. The third-order valence-corrected chi connectivity index (χ3v) is 3.05. The molecule has 1 atom stereocenters. The molecule has 15 heavy (non-hydrogen) atoms. The van der Waals surface area contributed by atoms with Crippen molar-refractivity contribution in [3.05, 3.63) is 24.3 Å². The Kier molecular flexibility index (Phi) is 4.45. The van der Waals surface area contributed by atoms with Crippen molar-refractivity contribution >= 4 is 18.2 Å². The fourth-order valence-electron chi connectivity index (χ4n) is 0.943. The molecule has 1 rings (SSSR count). The van der Waals surface area contributed by atoms with E-state index in [1.165, 1.54) is 0 Å². The number of hydrogen-bond acceptors (Lipinski definition) is 4. The van der Waals surface area contributed by atoms with Gasteiger partial charge in [-0.2, -0.15) is 0 Å². The number of rotatable bonds is 5. The van der Waals surface area contributed by atoms with Crippen molar-refractivity contribution in [1.82, 2.24) is 0 Å². The van der Waals surface area contributed by atoms with Gasteiger partial charge in [0.2, 0.25) is 0 Å². The minimum atomic E-state index is -3.51. The first-order valence-electron chi connectivity index (χ1n) is 4.35. The Morgan fingerprint density at radius 2 is 1.80 bits per heavy atom. The second-order valence-electron chi connectivity index (χ2n) is 2.62. The van der Waals surface area contributed by atoms with Gasteiger partial charge >= 0.3 is 6.95 Å². The summed E-state index contributed by atoms with van der Waals surface area (Å²) in [6, 6.07) is 6.57. The zero-order valence-electron chi connectivity index (χ0n) is 8.47. The molecule has 0 bridgehead atoms. The average Bonchev–Trinajstić information content (AvgIpc) is 2.18.